The Morgan fingerprint density at radius 2 is 2.03 bits per heavy atom. The first-order valence-corrected chi connectivity index (χ1v) is 12.1. The molecule has 3 aromatic heterocycles. The molecular formula is C24H19BrN4O5S. The number of phenols is 1. The second kappa shape index (κ2) is 8.51. The SMILES string of the molecule is COc1cc(C2/C(=C(\O)c3nc4c(C)cccn4c3C)C(=O)C(=O)N2c2nccs2)cc(Br)c1O. The van der Waals surface area contributed by atoms with Crippen molar-refractivity contribution in [2.24, 2.45) is 0 Å². The first kappa shape index (κ1) is 23.1. The summed E-state index contributed by atoms with van der Waals surface area (Å²) < 4.78 is 7.40. The van der Waals surface area contributed by atoms with Crippen molar-refractivity contribution in [2.75, 3.05) is 12.0 Å². The van der Waals surface area contributed by atoms with Gasteiger partial charge in [-0.15, -0.1) is 11.3 Å². The fraction of sp³-hybridized carbons (Fsp3) is 0.167. The van der Waals surface area contributed by atoms with Gasteiger partial charge >= 0.3 is 5.91 Å². The van der Waals surface area contributed by atoms with Crippen molar-refractivity contribution in [3.05, 3.63) is 74.6 Å². The van der Waals surface area contributed by atoms with Gasteiger partial charge in [-0.25, -0.2) is 9.97 Å². The van der Waals surface area contributed by atoms with Crippen molar-refractivity contribution in [1.29, 1.82) is 0 Å². The number of amides is 1. The van der Waals surface area contributed by atoms with Crippen LogP contribution in [-0.2, 0) is 9.59 Å². The third kappa shape index (κ3) is 3.50. The molecule has 4 aromatic rings. The van der Waals surface area contributed by atoms with Crippen LogP contribution >= 0.6 is 27.3 Å². The third-order valence-electron chi connectivity index (χ3n) is 5.96. The molecule has 1 atom stereocenters. The van der Waals surface area contributed by atoms with E-state index in [4.69, 9.17) is 4.74 Å². The highest BCUT2D eigenvalue weighted by Crippen LogP contribution is 2.46. The molecular weight excluding hydrogens is 536 g/mol. The number of nitrogens with zero attached hydrogens (tertiary/aromatic N) is 4. The number of benzene rings is 1. The van der Waals surface area contributed by atoms with Gasteiger partial charge in [0.1, 0.15) is 11.3 Å². The lowest BCUT2D eigenvalue weighted by atomic mass is 9.96. The van der Waals surface area contributed by atoms with Crippen LogP contribution in [0.5, 0.6) is 11.5 Å². The molecule has 0 bridgehead atoms. The zero-order valence-electron chi connectivity index (χ0n) is 18.8. The van der Waals surface area contributed by atoms with E-state index in [2.05, 4.69) is 25.9 Å². The van der Waals surface area contributed by atoms with E-state index in [1.54, 1.807) is 18.4 Å². The highest BCUT2D eigenvalue weighted by molar-refractivity contribution is 9.10. The summed E-state index contributed by atoms with van der Waals surface area (Å²) >= 11 is 4.49. The Balaban J connectivity index is 1.80. The number of hydrogen-bond donors (Lipinski definition) is 2. The lowest BCUT2D eigenvalue weighted by molar-refractivity contribution is -0.132. The summed E-state index contributed by atoms with van der Waals surface area (Å²) in [5.74, 6) is -2.07. The van der Waals surface area contributed by atoms with Gasteiger partial charge in [0.2, 0.25) is 0 Å². The summed E-state index contributed by atoms with van der Waals surface area (Å²) in [6, 6.07) is 5.82. The number of Topliss-reactive ketones (excluding diaryl/α,β-unsaturated/α-hetero) is 1. The normalized spacial score (nSPS) is 17.5. The number of aliphatic hydroxyl groups excluding tert-OH is 1. The van der Waals surface area contributed by atoms with Crippen molar-refractivity contribution < 1.29 is 24.5 Å². The molecule has 1 unspecified atom stereocenters. The largest absolute Gasteiger partial charge is 0.505 e. The monoisotopic (exact) mass is 554 g/mol. The van der Waals surface area contributed by atoms with Gasteiger partial charge in [0, 0.05) is 17.8 Å². The number of imidazole rings is 1. The molecule has 1 amide bonds. The fourth-order valence-electron chi connectivity index (χ4n) is 4.26. The van der Waals surface area contributed by atoms with Crippen LogP contribution in [0.3, 0.4) is 0 Å². The quantitative estimate of drug-likeness (QED) is 0.216. The average Bonchev–Trinajstić information content (AvgIpc) is 3.54. The number of carbonyl (C=O) groups excluding carboxylic acids is 2. The molecule has 1 aromatic carbocycles. The van der Waals surface area contributed by atoms with Gasteiger partial charge in [0.05, 0.1) is 28.9 Å². The van der Waals surface area contributed by atoms with Gasteiger partial charge in [-0.3, -0.25) is 14.5 Å². The van der Waals surface area contributed by atoms with Crippen molar-refractivity contribution >= 4 is 55.5 Å². The predicted molar refractivity (Wildman–Crippen MR) is 134 cm³/mol. The Kier molecular flexibility index (Phi) is 5.60. The van der Waals surface area contributed by atoms with Crippen molar-refractivity contribution in [1.82, 2.24) is 14.4 Å². The first-order chi connectivity index (χ1) is 16.7. The standard InChI is InChI=1S/C24H19BrN4O5S/c1-11-5-4-7-28-12(2)17(27-22(11)28)20(31)16-18(13-9-14(25)19(30)15(10-13)34-3)29(23(33)21(16)32)24-26-6-8-35-24/h4-10,18,30-31H,1-3H3/b20-16+. The summed E-state index contributed by atoms with van der Waals surface area (Å²) in [5, 5.41) is 23.8. The topological polar surface area (TPSA) is 117 Å². The molecule has 0 spiro atoms. The Hall–Kier alpha value is -3.70. The van der Waals surface area contributed by atoms with Crippen molar-refractivity contribution in [2.45, 2.75) is 19.9 Å². The molecule has 11 heteroatoms. The number of aryl methyl sites for hydroxylation is 2. The number of ether oxygens (including phenoxy) is 1. The molecule has 0 saturated carbocycles. The maximum Gasteiger partial charge on any atom is 0.301 e. The maximum absolute atomic E-state index is 13.4. The van der Waals surface area contributed by atoms with Gasteiger partial charge < -0.3 is 19.4 Å². The Bertz CT molecular complexity index is 1540. The molecule has 35 heavy (non-hydrogen) atoms. The van der Waals surface area contributed by atoms with Gasteiger partial charge in [-0.1, -0.05) is 6.07 Å². The van der Waals surface area contributed by atoms with Crippen LogP contribution in [0.15, 0.2) is 52.1 Å². The number of thiazole rings is 1. The van der Waals surface area contributed by atoms with E-state index in [0.717, 1.165) is 5.56 Å². The molecule has 1 saturated heterocycles. The van der Waals surface area contributed by atoms with Crippen LogP contribution in [0.1, 0.15) is 28.6 Å². The molecule has 0 aliphatic carbocycles. The summed E-state index contributed by atoms with van der Waals surface area (Å²) in [4.78, 5) is 36.6. The number of aromatic hydroxyl groups is 1. The predicted octanol–water partition coefficient (Wildman–Crippen LogP) is 4.51. The lowest BCUT2D eigenvalue weighted by Crippen LogP contribution is -2.29. The number of anilines is 1. The van der Waals surface area contributed by atoms with E-state index in [0.29, 0.717) is 26.5 Å². The number of hydrogen-bond acceptors (Lipinski definition) is 8. The number of rotatable bonds is 4. The van der Waals surface area contributed by atoms with E-state index in [9.17, 15) is 19.8 Å². The number of methoxy groups -OCH3 is 1. The number of halogens is 1. The Labute approximate surface area is 212 Å². The van der Waals surface area contributed by atoms with E-state index < -0.39 is 23.5 Å². The Morgan fingerprint density at radius 3 is 2.69 bits per heavy atom. The fourth-order valence-corrected chi connectivity index (χ4v) is 5.39. The first-order valence-electron chi connectivity index (χ1n) is 10.5. The van der Waals surface area contributed by atoms with Crippen molar-refractivity contribution in [3.63, 3.8) is 0 Å². The molecule has 5 rings (SSSR count). The van der Waals surface area contributed by atoms with E-state index in [1.807, 2.05) is 29.7 Å². The van der Waals surface area contributed by atoms with E-state index in [1.165, 1.54) is 35.6 Å². The second-order valence-electron chi connectivity index (χ2n) is 7.97. The van der Waals surface area contributed by atoms with Crippen molar-refractivity contribution in [3.8, 4) is 11.5 Å². The lowest BCUT2D eigenvalue weighted by Gasteiger charge is -2.23. The number of pyridine rings is 1. The summed E-state index contributed by atoms with van der Waals surface area (Å²) in [5.41, 5.74) is 2.64. The highest BCUT2D eigenvalue weighted by Gasteiger charge is 2.48. The minimum atomic E-state index is -1.03. The van der Waals surface area contributed by atoms with Crippen LogP contribution in [0.2, 0.25) is 0 Å². The van der Waals surface area contributed by atoms with Crippen LogP contribution in [-0.4, -0.2) is 43.4 Å². The molecule has 1 fully saturated rings. The molecule has 1 aliphatic rings. The minimum absolute atomic E-state index is 0.130. The minimum Gasteiger partial charge on any atom is -0.505 e. The molecule has 1 aliphatic heterocycles. The van der Waals surface area contributed by atoms with Crippen LogP contribution in [0.4, 0.5) is 5.13 Å². The molecule has 178 valence electrons. The maximum atomic E-state index is 13.4. The summed E-state index contributed by atoms with van der Waals surface area (Å²) in [6.07, 6.45) is 3.34. The molecule has 4 heterocycles. The Morgan fingerprint density at radius 1 is 1.26 bits per heavy atom. The number of phenolic OH excluding ortho intramolecular Hbond substituents is 1. The zero-order valence-corrected chi connectivity index (χ0v) is 21.2. The van der Waals surface area contributed by atoms with Crippen LogP contribution in [0.25, 0.3) is 11.4 Å². The average molecular weight is 555 g/mol. The number of aromatic nitrogens is 3. The van der Waals surface area contributed by atoms with E-state index >= 15 is 0 Å². The third-order valence-corrected chi connectivity index (χ3v) is 7.34. The summed E-state index contributed by atoms with van der Waals surface area (Å²) in [7, 11) is 1.39. The second-order valence-corrected chi connectivity index (χ2v) is 9.70. The van der Waals surface area contributed by atoms with Crippen LogP contribution in [0, 0.1) is 13.8 Å². The zero-order chi connectivity index (χ0) is 25.0. The van der Waals surface area contributed by atoms with Gasteiger partial charge in [0.15, 0.2) is 22.4 Å². The van der Waals surface area contributed by atoms with Gasteiger partial charge in [0.25, 0.3) is 5.78 Å². The highest BCUT2D eigenvalue weighted by atomic mass is 79.9. The molecule has 9 nitrogen and oxygen atoms in total. The van der Waals surface area contributed by atoms with Gasteiger partial charge in [-0.2, -0.15) is 0 Å². The smallest absolute Gasteiger partial charge is 0.301 e. The molecule has 2 N–H and O–H groups in total. The number of ketones is 1. The van der Waals surface area contributed by atoms with Crippen LogP contribution < -0.4 is 9.64 Å². The summed E-state index contributed by atoms with van der Waals surface area (Å²) in [6.45, 7) is 3.67. The number of carbonyl (C=O) groups is 2. The molecule has 0 radical (unpaired) electrons. The van der Waals surface area contributed by atoms with E-state index in [-0.39, 0.29) is 22.8 Å². The number of aliphatic hydroxyl groups is 1. The number of fused-ring (bicyclic) bond motifs is 1. The van der Waals surface area contributed by atoms with Gasteiger partial charge in [-0.05, 0) is 59.1 Å².